The molecule has 0 radical (unpaired) electrons. The molecule has 2 amide bonds. The zero-order chi connectivity index (χ0) is 26.6. The molecule has 2 aromatic rings. The molecule has 1 atom stereocenters. The number of rotatable bonds is 8. The van der Waals surface area contributed by atoms with Crippen LogP contribution in [0.2, 0.25) is 0 Å². The fourth-order valence-electron chi connectivity index (χ4n) is 5.91. The van der Waals surface area contributed by atoms with Crippen molar-refractivity contribution in [2.45, 2.75) is 44.4 Å². The van der Waals surface area contributed by atoms with Crippen LogP contribution in [-0.2, 0) is 24.1 Å². The minimum atomic E-state index is -0.240. The van der Waals surface area contributed by atoms with Gasteiger partial charge in [0, 0.05) is 51.6 Å². The highest BCUT2D eigenvalue weighted by molar-refractivity contribution is 5.76. The third-order valence-corrected chi connectivity index (χ3v) is 8.19. The third-order valence-electron chi connectivity index (χ3n) is 8.19. The van der Waals surface area contributed by atoms with Crippen molar-refractivity contribution in [1.82, 2.24) is 14.7 Å². The van der Waals surface area contributed by atoms with Crippen molar-refractivity contribution in [3.8, 4) is 17.2 Å². The van der Waals surface area contributed by atoms with E-state index in [2.05, 4.69) is 18.0 Å². The van der Waals surface area contributed by atoms with Gasteiger partial charge in [-0.1, -0.05) is 6.07 Å². The molecule has 2 heterocycles. The molecule has 0 N–H and O–H groups in total. The molecule has 2 aliphatic heterocycles. The van der Waals surface area contributed by atoms with Crippen LogP contribution in [0.5, 0.6) is 17.2 Å². The van der Waals surface area contributed by atoms with Gasteiger partial charge in [0.2, 0.25) is 5.91 Å². The van der Waals surface area contributed by atoms with E-state index in [0.717, 1.165) is 82.9 Å². The Balaban J connectivity index is 1.07. The van der Waals surface area contributed by atoms with Gasteiger partial charge in [0.1, 0.15) is 5.75 Å². The molecular weight excluding hydrogens is 482 g/mol. The maximum absolute atomic E-state index is 13.0. The highest BCUT2D eigenvalue weighted by atomic mass is 16.6. The zero-order valence-electron chi connectivity index (χ0n) is 22.8. The number of benzene rings is 2. The molecular formula is C30H39N3O5. The van der Waals surface area contributed by atoms with Crippen LogP contribution in [0.3, 0.4) is 0 Å². The summed E-state index contributed by atoms with van der Waals surface area (Å²) in [5.74, 6) is 2.77. The molecule has 5 rings (SSSR count). The lowest BCUT2D eigenvalue weighted by molar-refractivity contribution is -0.131. The second kappa shape index (κ2) is 11.6. The van der Waals surface area contributed by atoms with Crippen molar-refractivity contribution in [2.24, 2.45) is 0 Å². The van der Waals surface area contributed by atoms with E-state index in [9.17, 15) is 9.59 Å². The summed E-state index contributed by atoms with van der Waals surface area (Å²) in [6, 6.07) is 10.1. The van der Waals surface area contributed by atoms with Gasteiger partial charge in [-0.15, -0.1) is 0 Å². The maximum atomic E-state index is 13.0. The highest BCUT2D eigenvalue weighted by Gasteiger charge is 2.29. The first-order valence-corrected chi connectivity index (χ1v) is 13.7. The van der Waals surface area contributed by atoms with Gasteiger partial charge in [-0.05, 0) is 85.7 Å². The summed E-state index contributed by atoms with van der Waals surface area (Å²) in [5.41, 5.74) is 5.03. The molecule has 1 unspecified atom stereocenters. The van der Waals surface area contributed by atoms with Crippen molar-refractivity contribution in [2.75, 3.05) is 60.5 Å². The Morgan fingerprint density at radius 1 is 0.895 bits per heavy atom. The minimum Gasteiger partial charge on any atom is -0.493 e. The molecule has 38 heavy (non-hydrogen) atoms. The Labute approximate surface area is 225 Å². The molecule has 0 aromatic heterocycles. The van der Waals surface area contributed by atoms with Gasteiger partial charge in [-0.25, -0.2) is 4.79 Å². The van der Waals surface area contributed by atoms with Crippen LogP contribution in [-0.4, -0.2) is 87.2 Å². The second-order valence-corrected chi connectivity index (χ2v) is 10.7. The van der Waals surface area contributed by atoms with Crippen molar-refractivity contribution in [1.29, 1.82) is 0 Å². The van der Waals surface area contributed by atoms with Gasteiger partial charge in [-0.2, -0.15) is 0 Å². The van der Waals surface area contributed by atoms with Gasteiger partial charge >= 0.3 is 6.09 Å². The number of methoxy groups -OCH3 is 2. The molecule has 8 nitrogen and oxygen atoms in total. The topological polar surface area (TPSA) is 71.5 Å². The van der Waals surface area contributed by atoms with Crippen molar-refractivity contribution in [3.05, 3.63) is 52.6 Å². The van der Waals surface area contributed by atoms with Crippen LogP contribution in [0.15, 0.2) is 30.3 Å². The van der Waals surface area contributed by atoms with Crippen molar-refractivity contribution < 1.29 is 23.8 Å². The molecule has 0 spiro atoms. The van der Waals surface area contributed by atoms with Gasteiger partial charge < -0.3 is 28.9 Å². The van der Waals surface area contributed by atoms with Gasteiger partial charge in [0.05, 0.1) is 14.2 Å². The number of amides is 2. The SMILES string of the molecule is COc1cc2c(cc1OC)CCN(C(=O)CCN(C)CC1Cc3cc(OC(=O)N4CCCC4)ccc31)CC2. The maximum Gasteiger partial charge on any atom is 0.415 e. The Morgan fingerprint density at radius 3 is 2.16 bits per heavy atom. The molecule has 3 aliphatic rings. The fourth-order valence-corrected chi connectivity index (χ4v) is 5.91. The lowest BCUT2D eigenvalue weighted by atomic mass is 9.77. The summed E-state index contributed by atoms with van der Waals surface area (Å²) in [4.78, 5) is 31.3. The number of likely N-dealkylation sites (N-methyl/N-ethyl adjacent to an activating group) is 1. The number of carbonyl (C=O) groups excluding carboxylic acids is 2. The average molecular weight is 522 g/mol. The number of fused-ring (bicyclic) bond motifs is 2. The number of ether oxygens (including phenoxy) is 3. The van der Waals surface area contributed by atoms with E-state index in [0.29, 0.717) is 18.1 Å². The van der Waals surface area contributed by atoms with E-state index in [1.165, 1.54) is 22.3 Å². The Kier molecular flexibility index (Phi) is 8.07. The summed E-state index contributed by atoms with van der Waals surface area (Å²) in [6.45, 7) is 4.68. The smallest absolute Gasteiger partial charge is 0.415 e. The zero-order valence-corrected chi connectivity index (χ0v) is 22.8. The first-order valence-electron chi connectivity index (χ1n) is 13.7. The van der Waals surface area contributed by atoms with Gasteiger partial charge in [-0.3, -0.25) is 4.79 Å². The Hall–Kier alpha value is -3.26. The quantitative estimate of drug-likeness (QED) is 0.525. The van der Waals surface area contributed by atoms with Crippen LogP contribution in [0.4, 0.5) is 4.79 Å². The van der Waals surface area contributed by atoms with Crippen LogP contribution < -0.4 is 14.2 Å². The van der Waals surface area contributed by atoms with E-state index >= 15 is 0 Å². The first-order chi connectivity index (χ1) is 18.4. The Bertz CT molecular complexity index is 1140. The van der Waals surface area contributed by atoms with Crippen LogP contribution in [0.25, 0.3) is 0 Å². The summed E-state index contributed by atoms with van der Waals surface area (Å²) < 4.78 is 16.5. The monoisotopic (exact) mass is 521 g/mol. The molecule has 1 fully saturated rings. The van der Waals surface area contributed by atoms with E-state index < -0.39 is 0 Å². The first kappa shape index (κ1) is 26.4. The summed E-state index contributed by atoms with van der Waals surface area (Å²) in [5, 5.41) is 0. The van der Waals surface area contributed by atoms with Crippen LogP contribution >= 0.6 is 0 Å². The standard InChI is InChI=1S/C30H39N3O5/c1-31(20-24-16-23-17-25(6-7-26(23)24)38-30(35)33-11-4-5-12-33)13-10-29(34)32-14-8-21-18-27(36-2)28(37-3)19-22(21)9-15-32/h6-7,17-19,24H,4-5,8-16,20H2,1-3H3. The summed E-state index contributed by atoms with van der Waals surface area (Å²) >= 11 is 0. The van der Waals surface area contributed by atoms with Crippen LogP contribution in [0.1, 0.15) is 47.4 Å². The second-order valence-electron chi connectivity index (χ2n) is 10.7. The van der Waals surface area contributed by atoms with Crippen molar-refractivity contribution in [3.63, 3.8) is 0 Å². The number of likely N-dealkylation sites (tertiary alicyclic amines) is 1. The predicted octanol–water partition coefficient (Wildman–Crippen LogP) is 3.89. The predicted molar refractivity (Wildman–Crippen MR) is 145 cm³/mol. The molecule has 204 valence electrons. The van der Waals surface area contributed by atoms with Gasteiger partial charge in [0.15, 0.2) is 11.5 Å². The van der Waals surface area contributed by atoms with Crippen LogP contribution in [0, 0.1) is 0 Å². The number of hydrogen-bond donors (Lipinski definition) is 0. The lowest BCUT2D eigenvalue weighted by Crippen LogP contribution is -2.37. The van der Waals surface area contributed by atoms with E-state index in [1.54, 1.807) is 19.1 Å². The molecule has 0 saturated carbocycles. The average Bonchev–Trinajstić information content (AvgIpc) is 3.38. The number of hydrogen-bond acceptors (Lipinski definition) is 6. The number of carbonyl (C=O) groups is 2. The summed E-state index contributed by atoms with van der Waals surface area (Å²) in [7, 11) is 5.40. The van der Waals surface area contributed by atoms with E-state index in [4.69, 9.17) is 14.2 Å². The highest BCUT2D eigenvalue weighted by Crippen LogP contribution is 2.38. The molecule has 2 aromatic carbocycles. The van der Waals surface area contributed by atoms with Gasteiger partial charge in [0.25, 0.3) is 0 Å². The fraction of sp³-hybridized carbons (Fsp3) is 0.533. The third kappa shape index (κ3) is 5.75. The van der Waals surface area contributed by atoms with E-state index in [1.807, 2.05) is 29.2 Å². The normalized spacial score (nSPS) is 18.4. The van der Waals surface area contributed by atoms with Crippen molar-refractivity contribution >= 4 is 12.0 Å². The lowest BCUT2D eigenvalue weighted by Gasteiger charge is -2.34. The van der Waals surface area contributed by atoms with E-state index in [-0.39, 0.29) is 12.0 Å². The Morgan fingerprint density at radius 2 is 1.55 bits per heavy atom. The summed E-state index contributed by atoms with van der Waals surface area (Å²) in [6.07, 6.45) is 5.01. The molecule has 0 bridgehead atoms. The largest absolute Gasteiger partial charge is 0.493 e. The molecule has 1 aliphatic carbocycles. The minimum absolute atomic E-state index is 0.210. The molecule has 1 saturated heterocycles. The number of nitrogens with zero attached hydrogens (tertiary/aromatic N) is 3. The molecule has 8 heteroatoms.